The number of primary amides is 1. The summed E-state index contributed by atoms with van der Waals surface area (Å²) in [7, 11) is 0. The zero-order chi connectivity index (χ0) is 22.6. The fraction of sp³-hybridized carbons (Fsp3) is 0.273. The van der Waals surface area contributed by atoms with Crippen LogP contribution in [0.2, 0.25) is 0 Å². The van der Waals surface area contributed by atoms with E-state index in [9.17, 15) is 19.2 Å². The zero-order valence-corrected chi connectivity index (χ0v) is 18.7. The third kappa shape index (κ3) is 8.72. The first-order chi connectivity index (χ1) is 14.9. The Morgan fingerprint density at radius 3 is 2.06 bits per heavy atom. The Balaban J connectivity index is 2.17. The average Bonchev–Trinajstić information content (AvgIpc) is 2.77. The van der Waals surface area contributed by atoms with Crippen LogP contribution in [0.3, 0.4) is 0 Å². The Labute approximate surface area is 187 Å². The van der Waals surface area contributed by atoms with Crippen LogP contribution in [0.25, 0.3) is 0 Å². The van der Waals surface area contributed by atoms with Gasteiger partial charge in [0.25, 0.3) is 0 Å². The predicted molar refractivity (Wildman–Crippen MR) is 118 cm³/mol. The van der Waals surface area contributed by atoms with E-state index in [1.165, 1.54) is 0 Å². The van der Waals surface area contributed by atoms with Crippen molar-refractivity contribution in [1.82, 2.24) is 10.6 Å². The molecule has 31 heavy (non-hydrogen) atoms. The predicted octanol–water partition coefficient (Wildman–Crippen LogP) is -1.02. The van der Waals surface area contributed by atoms with Crippen molar-refractivity contribution in [3.63, 3.8) is 0 Å². The maximum absolute atomic E-state index is 13.1. The zero-order valence-electron chi connectivity index (χ0n) is 17.0. The number of rotatable bonds is 12. The van der Waals surface area contributed by atoms with E-state index in [0.29, 0.717) is 6.42 Å². The van der Waals surface area contributed by atoms with E-state index in [-0.39, 0.29) is 24.1 Å². The summed E-state index contributed by atoms with van der Waals surface area (Å²) < 4.78 is 0.795. The van der Waals surface area contributed by atoms with Gasteiger partial charge in [-0.25, -0.2) is 0 Å². The topological polar surface area (TPSA) is 144 Å². The van der Waals surface area contributed by atoms with Crippen molar-refractivity contribution >= 4 is 41.8 Å². The van der Waals surface area contributed by atoms with Crippen LogP contribution in [0.4, 0.5) is 0 Å². The molecule has 6 N–H and O–H groups in total. The van der Waals surface area contributed by atoms with E-state index in [4.69, 9.17) is 11.5 Å². The number of nitrogens with two attached hydrogens (primary N) is 2. The summed E-state index contributed by atoms with van der Waals surface area (Å²) in [6.45, 7) is -0.302. The van der Waals surface area contributed by atoms with Crippen molar-refractivity contribution in [2.24, 2.45) is 11.5 Å². The molecular formula is C22H26N4O4Se. The fourth-order valence-electron chi connectivity index (χ4n) is 2.80. The molecule has 2 aromatic carbocycles. The number of hydrogen-bond donors (Lipinski definition) is 4. The molecule has 8 nitrogen and oxygen atoms in total. The summed E-state index contributed by atoms with van der Waals surface area (Å²) in [6, 6.07) is 16.9. The van der Waals surface area contributed by atoms with Gasteiger partial charge in [-0.2, -0.15) is 0 Å². The molecule has 0 saturated heterocycles. The first-order valence-corrected chi connectivity index (χ1v) is 11.5. The van der Waals surface area contributed by atoms with Crippen LogP contribution in [-0.2, 0) is 25.6 Å². The van der Waals surface area contributed by atoms with Gasteiger partial charge in [0.2, 0.25) is 0 Å². The van der Waals surface area contributed by atoms with Crippen LogP contribution in [0.1, 0.15) is 18.4 Å². The number of carbonyl (C=O) groups excluding carboxylic acids is 4. The fourth-order valence-corrected chi connectivity index (χ4v) is 4.50. The van der Waals surface area contributed by atoms with Crippen LogP contribution >= 0.6 is 0 Å². The van der Waals surface area contributed by atoms with Crippen molar-refractivity contribution in [3.8, 4) is 0 Å². The van der Waals surface area contributed by atoms with E-state index in [0.717, 1.165) is 10.0 Å². The molecule has 164 valence electrons. The van der Waals surface area contributed by atoms with Crippen LogP contribution in [0.15, 0.2) is 60.7 Å². The Kier molecular flexibility index (Phi) is 9.90. The first kappa shape index (κ1) is 24.3. The van der Waals surface area contributed by atoms with Gasteiger partial charge in [0.05, 0.1) is 0 Å². The Morgan fingerprint density at radius 1 is 0.871 bits per heavy atom. The van der Waals surface area contributed by atoms with Crippen molar-refractivity contribution in [1.29, 1.82) is 0 Å². The average molecular weight is 489 g/mol. The second-order valence-corrected chi connectivity index (χ2v) is 9.08. The number of amides is 3. The number of benzene rings is 2. The molecule has 0 aliphatic heterocycles. The quantitative estimate of drug-likeness (QED) is 0.282. The molecule has 0 radical (unpaired) electrons. The van der Waals surface area contributed by atoms with Crippen molar-refractivity contribution in [2.45, 2.75) is 31.3 Å². The molecule has 9 heteroatoms. The van der Waals surface area contributed by atoms with Crippen molar-refractivity contribution in [2.75, 3.05) is 6.54 Å². The van der Waals surface area contributed by atoms with Gasteiger partial charge in [-0.1, -0.05) is 0 Å². The van der Waals surface area contributed by atoms with Gasteiger partial charge >= 0.3 is 187 Å². The number of carbonyl (C=O) groups is 4. The molecule has 0 heterocycles. The summed E-state index contributed by atoms with van der Waals surface area (Å²) in [6.07, 6.45) is 0.241. The third-order valence-electron chi connectivity index (χ3n) is 4.36. The Morgan fingerprint density at radius 2 is 1.48 bits per heavy atom. The van der Waals surface area contributed by atoms with E-state index in [1.807, 2.05) is 60.7 Å². The molecule has 2 rings (SSSR count). The van der Waals surface area contributed by atoms with E-state index in [2.05, 4.69) is 10.6 Å². The van der Waals surface area contributed by atoms with E-state index < -0.39 is 44.8 Å². The molecule has 0 aromatic heterocycles. The van der Waals surface area contributed by atoms with Gasteiger partial charge in [0.1, 0.15) is 0 Å². The Bertz CT molecular complexity index is 893. The van der Waals surface area contributed by atoms with Gasteiger partial charge in [-0.05, 0) is 0 Å². The third-order valence-corrected chi connectivity index (χ3v) is 6.45. The molecule has 0 unspecified atom stereocenters. The standard InChI is InChI=1S/C22H26N4O4Se/c23-14-20(28)25-17(11-12-19(24)27)21(29)26-18(13-15-7-3-1-4-8-15)22(30)31-16-9-5-2-6-10-16/h1-10,17-18H,11-14,23H2,(H2,24,27)(H,25,28)(H,26,29)/t17-,18-/m0/s1. The molecule has 3 amide bonds. The molecule has 2 atom stereocenters. The van der Waals surface area contributed by atoms with Gasteiger partial charge in [0, 0.05) is 0 Å². The van der Waals surface area contributed by atoms with Gasteiger partial charge in [-0.15, -0.1) is 0 Å². The number of hydrogen-bond acceptors (Lipinski definition) is 5. The Hall–Kier alpha value is -3.00. The second kappa shape index (κ2) is 12.6. The van der Waals surface area contributed by atoms with Crippen LogP contribution < -0.4 is 26.6 Å². The minimum atomic E-state index is -1.01. The van der Waals surface area contributed by atoms with Crippen molar-refractivity contribution < 1.29 is 19.2 Å². The summed E-state index contributed by atoms with van der Waals surface area (Å²) in [5.74, 6) is -1.69. The van der Waals surface area contributed by atoms with E-state index in [1.54, 1.807) is 0 Å². The maximum atomic E-state index is 13.1. The first-order valence-electron chi connectivity index (χ1n) is 9.77. The van der Waals surface area contributed by atoms with Gasteiger partial charge in [0.15, 0.2) is 0 Å². The van der Waals surface area contributed by atoms with Gasteiger partial charge < -0.3 is 0 Å². The molecule has 0 fully saturated rings. The van der Waals surface area contributed by atoms with Gasteiger partial charge in [-0.3, -0.25) is 0 Å². The molecule has 0 spiro atoms. The summed E-state index contributed by atoms with van der Waals surface area (Å²) in [5, 5.41) is 5.25. The summed E-state index contributed by atoms with van der Waals surface area (Å²) >= 11 is -0.503. The molecule has 0 saturated carbocycles. The van der Waals surface area contributed by atoms with Crippen molar-refractivity contribution in [3.05, 3.63) is 66.2 Å². The monoisotopic (exact) mass is 490 g/mol. The summed E-state index contributed by atoms with van der Waals surface area (Å²) in [5.41, 5.74) is 11.4. The number of nitrogens with one attached hydrogen (secondary N) is 2. The van der Waals surface area contributed by atoms with E-state index >= 15 is 0 Å². The SMILES string of the molecule is NCC(=O)N[C@@H](CCC(N)=O)C(=O)N[C@@H](Cc1ccccc1)C(=O)[Se]c1ccccc1. The molecule has 0 aliphatic rings. The van der Waals surface area contributed by atoms with Crippen LogP contribution in [0, 0.1) is 0 Å². The summed E-state index contributed by atoms with van der Waals surface area (Å²) in [4.78, 5) is 48.8. The minimum absolute atomic E-state index is 0.0168. The molecule has 2 aromatic rings. The normalized spacial score (nSPS) is 12.4. The molecule has 0 bridgehead atoms. The molecular weight excluding hydrogens is 463 g/mol. The van der Waals surface area contributed by atoms with Crippen LogP contribution in [0.5, 0.6) is 0 Å². The van der Waals surface area contributed by atoms with Crippen LogP contribution in [-0.4, -0.2) is 56.0 Å². The molecule has 0 aliphatic carbocycles. The second-order valence-electron chi connectivity index (χ2n) is 6.81.